The highest BCUT2D eigenvalue weighted by Crippen LogP contribution is 2.60. The number of fused-ring (bicyclic) bond motifs is 3. The first kappa shape index (κ1) is 27.8. The Labute approximate surface area is 223 Å². The monoisotopic (exact) mass is 552 g/mol. The van der Waals surface area contributed by atoms with Gasteiger partial charge in [0.25, 0.3) is 0 Å². The molecule has 0 spiro atoms. The largest absolute Gasteiger partial charge is 0.493 e. The Morgan fingerprint density at radius 1 is 1.05 bits per heavy atom. The van der Waals surface area contributed by atoms with E-state index >= 15 is 0 Å². The van der Waals surface area contributed by atoms with Crippen molar-refractivity contribution in [3.63, 3.8) is 0 Å². The molecule has 13 heteroatoms. The van der Waals surface area contributed by atoms with Crippen molar-refractivity contribution in [2.45, 2.75) is 54.8 Å². The summed E-state index contributed by atoms with van der Waals surface area (Å²) in [5.74, 6) is -0.727. The molecule has 3 fully saturated rings. The van der Waals surface area contributed by atoms with Crippen LogP contribution in [0.2, 0.25) is 0 Å². The summed E-state index contributed by atoms with van der Waals surface area (Å²) in [4.78, 5) is 12.8. The summed E-state index contributed by atoms with van der Waals surface area (Å²) in [5.41, 5.74) is -0.452. The van der Waals surface area contributed by atoms with E-state index in [1.165, 1.54) is 26.6 Å². The van der Waals surface area contributed by atoms with Crippen LogP contribution >= 0.6 is 0 Å². The molecule has 5 N–H and O–H groups in total. The molecule has 13 nitrogen and oxygen atoms in total. The molecule has 1 unspecified atom stereocenters. The number of benzene rings is 1. The smallest absolute Gasteiger partial charge is 0.331 e. The zero-order valence-corrected chi connectivity index (χ0v) is 21.2. The molecule has 0 aromatic heterocycles. The number of rotatable bonds is 9. The number of carbonyl (C=O) groups excluding carboxylic acids is 1. The number of aliphatic hydroxyl groups excluding tert-OH is 5. The second-order valence-electron chi connectivity index (χ2n) is 9.77. The first-order chi connectivity index (χ1) is 18.8. The van der Waals surface area contributed by atoms with E-state index < -0.39 is 85.8 Å². The van der Waals surface area contributed by atoms with E-state index in [1.54, 1.807) is 30.4 Å². The standard InChI is InChI=1S/C26H32O13/c1-33-14-5-3-12(9-15(14)34-2)4-6-17(29)37-22-13-7-8-35-24(18(13)26(11-28)23(22)39-26)38-25-21(32)20(31)19(30)16(10-27)36-25/h3-9,13,16,18-25,27-28,30-32H,10-11H2,1-2H3/t13-,16-,18?,19-,20+,21-,22+,23+,24+,25+,26-/m1/s1. The molecule has 3 aliphatic heterocycles. The Morgan fingerprint density at radius 3 is 2.51 bits per heavy atom. The molecule has 4 aliphatic rings. The van der Waals surface area contributed by atoms with E-state index in [2.05, 4.69) is 0 Å². The van der Waals surface area contributed by atoms with Gasteiger partial charge < -0.3 is 58.7 Å². The van der Waals surface area contributed by atoms with Crippen LogP contribution in [0.15, 0.2) is 36.6 Å². The predicted octanol–water partition coefficient (Wildman–Crippen LogP) is -1.31. The van der Waals surface area contributed by atoms with Gasteiger partial charge in [-0.3, -0.25) is 0 Å². The lowest BCUT2D eigenvalue weighted by molar-refractivity contribution is -0.344. The third-order valence-electron chi connectivity index (χ3n) is 7.67. The van der Waals surface area contributed by atoms with Crippen molar-refractivity contribution in [3.05, 3.63) is 42.2 Å². The van der Waals surface area contributed by atoms with Crippen molar-refractivity contribution in [1.82, 2.24) is 0 Å². The van der Waals surface area contributed by atoms with Crippen molar-refractivity contribution in [2.75, 3.05) is 27.4 Å². The molecule has 39 heavy (non-hydrogen) atoms. The van der Waals surface area contributed by atoms with Gasteiger partial charge in [0.1, 0.15) is 42.2 Å². The summed E-state index contributed by atoms with van der Waals surface area (Å²) >= 11 is 0. The third-order valence-corrected chi connectivity index (χ3v) is 7.67. The van der Waals surface area contributed by atoms with Gasteiger partial charge in [0.2, 0.25) is 6.29 Å². The highest BCUT2D eigenvalue weighted by molar-refractivity contribution is 5.87. The van der Waals surface area contributed by atoms with Crippen LogP contribution < -0.4 is 9.47 Å². The molecule has 1 aliphatic carbocycles. The number of hydrogen-bond acceptors (Lipinski definition) is 13. The minimum absolute atomic E-state index is 0.417. The molecule has 0 amide bonds. The number of ether oxygens (including phenoxy) is 7. The topological polar surface area (TPSA) is 186 Å². The van der Waals surface area contributed by atoms with Gasteiger partial charge in [0.15, 0.2) is 17.8 Å². The Morgan fingerprint density at radius 2 is 1.82 bits per heavy atom. The molecule has 1 aromatic rings. The number of methoxy groups -OCH3 is 2. The van der Waals surface area contributed by atoms with Gasteiger partial charge in [0.05, 0.1) is 39.6 Å². The van der Waals surface area contributed by atoms with Gasteiger partial charge in [0, 0.05) is 12.0 Å². The van der Waals surface area contributed by atoms with Gasteiger partial charge in [-0.2, -0.15) is 0 Å². The van der Waals surface area contributed by atoms with Crippen LogP contribution in [0.25, 0.3) is 6.08 Å². The maximum atomic E-state index is 12.8. The van der Waals surface area contributed by atoms with Crippen molar-refractivity contribution >= 4 is 12.0 Å². The van der Waals surface area contributed by atoms with Crippen molar-refractivity contribution < 1.29 is 63.5 Å². The Bertz CT molecular complexity index is 1110. The number of hydrogen-bond donors (Lipinski definition) is 5. The van der Waals surface area contributed by atoms with Gasteiger partial charge in [-0.1, -0.05) is 6.07 Å². The highest BCUT2D eigenvalue weighted by Gasteiger charge is 2.77. The summed E-state index contributed by atoms with van der Waals surface area (Å²) in [6, 6.07) is 5.17. The maximum Gasteiger partial charge on any atom is 0.331 e. The second-order valence-corrected chi connectivity index (χ2v) is 9.77. The average molecular weight is 553 g/mol. The first-order valence-corrected chi connectivity index (χ1v) is 12.5. The zero-order valence-electron chi connectivity index (χ0n) is 21.2. The number of epoxide rings is 1. The zero-order chi connectivity index (χ0) is 27.9. The molecule has 2 saturated heterocycles. The van der Waals surface area contributed by atoms with Gasteiger partial charge >= 0.3 is 5.97 Å². The fourth-order valence-corrected chi connectivity index (χ4v) is 5.58. The molecule has 214 valence electrons. The van der Waals surface area contributed by atoms with Crippen LogP contribution in [0.3, 0.4) is 0 Å². The second kappa shape index (κ2) is 11.0. The minimum Gasteiger partial charge on any atom is -0.493 e. The minimum atomic E-state index is -1.64. The van der Waals surface area contributed by atoms with Crippen LogP contribution in [0.5, 0.6) is 11.5 Å². The van der Waals surface area contributed by atoms with E-state index in [0.29, 0.717) is 17.1 Å². The van der Waals surface area contributed by atoms with Crippen LogP contribution in [0, 0.1) is 11.8 Å². The summed E-state index contributed by atoms with van der Waals surface area (Å²) in [6.07, 6.45) is -4.14. The average Bonchev–Trinajstić information content (AvgIpc) is 3.63. The summed E-state index contributed by atoms with van der Waals surface area (Å²) in [7, 11) is 3.03. The van der Waals surface area contributed by atoms with E-state index in [1.807, 2.05) is 0 Å². The molecular formula is C26H32O13. The number of esters is 1. The maximum absolute atomic E-state index is 12.8. The lowest BCUT2D eigenvalue weighted by Gasteiger charge is -2.43. The Balaban J connectivity index is 1.29. The highest BCUT2D eigenvalue weighted by atomic mass is 16.8. The SMILES string of the molecule is COc1ccc(C=CC(=O)O[C@H]2[C@@H]3C=CO[C@@H](O[C@@H]4O[C@H](CO)[C@@H](O)[C@H](O)[C@H]4O)C3[C@@]3(CO)O[C@@H]23)cc1OC. The fraction of sp³-hybridized carbons (Fsp3) is 0.577. The summed E-state index contributed by atoms with van der Waals surface area (Å²) < 4.78 is 39.0. The van der Waals surface area contributed by atoms with E-state index in [-0.39, 0.29) is 0 Å². The molecule has 3 heterocycles. The van der Waals surface area contributed by atoms with E-state index in [9.17, 15) is 30.3 Å². The first-order valence-electron chi connectivity index (χ1n) is 12.5. The number of carbonyl (C=O) groups is 1. The van der Waals surface area contributed by atoms with Gasteiger partial charge in [-0.25, -0.2) is 4.79 Å². The molecule has 5 rings (SSSR count). The van der Waals surface area contributed by atoms with Crippen molar-refractivity contribution in [1.29, 1.82) is 0 Å². The third kappa shape index (κ3) is 4.89. The van der Waals surface area contributed by atoms with Gasteiger partial charge in [-0.15, -0.1) is 0 Å². The van der Waals surface area contributed by atoms with Crippen molar-refractivity contribution in [3.8, 4) is 11.5 Å². The van der Waals surface area contributed by atoms with Crippen LogP contribution in [0.1, 0.15) is 5.56 Å². The number of aliphatic hydroxyl groups is 5. The predicted molar refractivity (Wildman–Crippen MR) is 129 cm³/mol. The molecule has 0 radical (unpaired) electrons. The van der Waals surface area contributed by atoms with Crippen LogP contribution in [0.4, 0.5) is 0 Å². The Hall–Kier alpha value is -2.75. The lowest BCUT2D eigenvalue weighted by Crippen LogP contribution is -2.60. The van der Waals surface area contributed by atoms with E-state index in [0.717, 1.165) is 0 Å². The normalized spacial score (nSPS) is 40.5. The van der Waals surface area contributed by atoms with E-state index in [4.69, 9.17) is 33.2 Å². The lowest BCUT2D eigenvalue weighted by atomic mass is 9.85. The molecule has 0 bridgehead atoms. The quantitative estimate of drug-likeness (QED) is 0.138. The fourth-order valence-electron chi connectivity index (χ4n) is 5.58. The van der Waals surface area contributed by atoms with Crippen LogP contribution in [-0.4, -0.2) is 114 Å². The molecule has 11 atom stereocenters. The summed E-state index contributed by atoms with van der Waals surface area (Å²) in [5, 5.41) is 50.2. The molecule has 1 aromatic carbocycles. The van der Waals surface area contributed by atoms with Crippen molar-refractivity contribution in [2.24, 2.45) is 11.8 Å². The summed E-state index contributed by atoms with van der Waals surface area (Å²) in [6.45, 7) is -1.04. The molecular weight excluding hydrogens is 520 g/mol. The van der Waals surface area contributed by atoms with Crippen LogP contribution in [-0.2, 0) is 28.5 Å². The molecule has 1 saturated carbocycles. The van der Waals surface area contributed by atoms with Gasteiger partial charge in [-0.05, 0) is 29.8 Å². The Kier molecular flexibility index (Phi) is 7.86.